The van der Waals surface area contributed by atoms with Gasteiger partial charge in [0.15, 0.2) is 0 Å². The van der Waals surface area contributed by atoms with Gasteiger partial charge in [0.1, 0.15) is 0 Å². The molecule has 0 spiro atoms. The van der Waals surface area contributed by atoms with Crippen LogP contribution in [0.3, 0.4) is 0 Å². The number of esters is 1. The fraction of sp³-hybridized carbons (Fsp3) is 0.320. The third-order valence-electron chi connectivity index (χ3n) is 5.99. The molecule has 0 amide bonds. The van der Waals surface area contributed by atoms with Gasteiger partial charge < -0.3 is 9.14 Å². The molecule has 3 aromatic rings. The molecule has 2 heterocycles. The number of carbonyl (C=O) groups excluding carboxylic acids is 1. The van der Waals surface area contributed by atoms with E-state index in [1.165, 1.54) is 23.9 Å². The van der Waals surface area contributed by atoms with Crippen molar-refractivity contribution in [3.63, 3.8) is 0 Å². The first-order valence-electron chi connectivity index (χ1n) is 10.3. The molecule has 1 aliphatic carbocycles. The molecule has 2 aromatic heterocycles. The Morgan fingerprint density at radius 1 is 1.24 bits per heavy atom. The predicted molar refractivity (Wildman–Crippen MR) is 116 cm³/mol. The van der Waals surface area contributed by atoms with E-state index in [-0.39, 0.29) is 5.97 Å². The number of methoxy groups -OCH3 is 1. The van der Waals surface area contributed by atoms with E-state index in [1.54, 1.807) is 0 Å². The van der Waals surface area contributed by atoms with Gasteiger partial charge in [0.25, 0.3) is 0 Å². The second-order valence-corrected chi connectivity index (χ2v) is 7.71. The first-order chi connectivity index (χ1) is 14.2. The van der Waals surface area contributed by atoms with E-state index in [4.69, 9.17) is 4.74 Å². The molecule has 1 aliphatic rings. The van der Waals surface area contributed by atoms with Crippen LogP contribution in [0.1, 0.15) is 28.8 Å². The molecule has 0 fully saturated rings. The zero-order valence-electron chi connectivity index (χ0n) is 17.0. The molecule has 150 valence electrons. The monoisotopic (exact) mass is 388 g/mol. The lowest BCUT2D eigenvalue weighted by atomic mass is 9.89. The van der Waals surface area contributed by atoms with Crippen molar-refractivity contribution in [1.82, 2.24) is 9.30 Å². The van der Waals surface area contributed by atoms with Crippen molar-refractivity contribution in [2.45, 2.75) is 38.3 Å². The number of rotatable bonds is 7. The Balaban J connectivity index is 1.65. The number of hydrogen-bond acceptors (Lipinski definition) is 3. The van der Waals surface area contributed by atoms with Crippen molar-refractivity contribution < 1.29 is 9.53 Å². The minimum atomic E-state index is -0.177. The maximum absolute atomic E-state index is 12.0. The standard InChI is InChI=1S/C25H28N2O2/c1-3-14-26(18-19-9-5-4-6-10-19)20-12-13-21-22(17-25(28)29-2)23-11-7-8-15-27(23)24(21)16-20/h3-11,15,20H,1,12-14,16-18H2,2H3. The van der Waals surface area contributed by atoms with Gasteiger partial charge in [-0.3, -0.25) is 9.69 Å². The van der Waals surface area contributed by atoms with Crippen molar-refractivity contribution >= 4 is 11.5 Å². The molecule has 1 unspecified atom stereocenters. The summed E-state index contributed by atoms with van der Waals surface area (Å²) in [6.07, 6.45) is 7.49. The summed E-state index contributed by atoms with van der Waals surface area (Å²) in [5.74, 6) is -0.177. The fourth-order valence-electron chi connectivity index (χ4n) is 4.60. The largest absolute Gasteiger partial charge is 0.469 e. The van der Waals surface area contributed by atoms with Crippen LogP contribution in [0.4, 0.5) is 0 Å². The highest BCUT2D eigenvalue weighted by atomic mass is 16.5. The van der Waals surface area contributed by atoms with Crippen LogP contribution in [-0.2, 0) is 35.3 Å². The lowest BCUT2D eigenvalue weighted by molar-refractivity contribution is -0.139. The minimum absolute atomic E-state index is 0.177. The van der Waals surface area contributed by atoms with E-state index in [2.05, 4.69) is 64.5 Å². The zero-order valence-corrected chi connectivity index (χ0v) is 17.0. The van der Waals surface area contributed by atoms with Crippen LogP contribution in [0.2, 0.25) is 0 Å². The lowest BCUT2D eigenvalue weighted by Crippen LogP contribution is -2.39. The number of benzene rings is 1. The lowest BCUT2D eigenvalue weighted by Gasteiger charge is -2.34. The van der Waals surface area contributed by atoms with Crippen LogP contribution in [0, 0.1) is 0 Å². The quantitative estimate of drug-likeness (QED) is 0.449. The number of nitrogens with zero attached hydrogens (tertiary/aromatic N) is 2. The summed E-state index contributed by atoms with van der Waals surface area (Å²) in [5.41, 5.74) is 6.24. The molecule has 29 heavy (non-hydrogen) atoms. The van der Waals surface area contributed by atoms with Gasteiger partial charge in [0.05, 0.1) is 13.5 Å². The van der Waals surface area contributed by atoms with Crippen LogP contribution in [0.25, 0.3) is 5.52 Å². The molecular formula is C25H28N2O2. The normalized spacial score (nSPS) is 16.0. The van der Waals surface area contributed by atoms with Gasteiger partial charge in [-0.2, -0.15) is 0 Å². The Bertz CT molecular complexity index is 1010. The third-order valence-corrected chi connectivity index (χ3v) is 5.99. The van der Waals surface area contributed by atoms with Gasteiger partial charge in [0, 0.05) is 43.0 Å². The predicted octanol–water partition coefficient (Wildman–Crippen LogP) is 4.20. The summed E-state index contributed by atoms with van der Waals surface area (Å²) >= 11 is 0. The second kappa shape index (κ2) is 8.66. The SMILES string of the molecule is C=CCN(Cc1ccccc1)C1CCc2c(CC(=O)OC)c3ccccn3c2C1. The maximum Gasteiger partial charge on any atom is 0.310 e. The highest BCUT2D eigenvalue weighted by Crippen LogP contribution is 2.33. The molecular weight excluding hydrogens is 360 g/mol. The topological polar surface area (TPSA) is 34.0 Å². The van der Waals surface area contributed by atoms with Gasteiger partial charge in [-0.15, -0.1) is 6.58 Å². The summed E-state index contributed by atoms with van der Waals surface area (Å²) in [6, 6.07) is 17.3. The van der Waals surface area contributed by atoms with E-state index in [1.807, 2.05) is 12.1 Å². The summed E-state index contributed by atoms with van der Waals surface area (Å²) in [4.78, 5) is 14.5. The Morgan fingerprint density at radius 2 is 2.03 bits per heavy atom. The number of aromatic nitrogens is 1. The van der Waals surface area contributed by atoms with Crippen molar-refractivity contribution in [3.8, 4) is 0 Å². The van der Waals surface area contributed by atoms with Crippen LogP contribution in [0.15, 0.2) is 67.4 Å². The van der Waals surface area contributed by atoms with Crippen molar-refractivity contribution in [2.24, 2.45) is 0 Å². The average molecular weight is 389 g/mol. The Kier molecular flexibility index (Phi) is 5.81. The molecule has 0 N–H and O–H groups in total. The minimum Gasteiger partial charge on any atom is -0.469 e. The number of hydrogen-bond donors (Lipinski definition) is 0. The molecule has 0 saturated heterocycles. The smallest absolute Gasteiger partial charge is 0.310 e. The fourth-order valence-corrected chi connectivity index (χ4v) is 4.60. The molecule has 4 nitrogen and oxygen atoms in total. The highest BCUT2D eigenvalue weighted by molar-refractivity contribution is 5.78. The average Bonchev–Trinajstić information content (AvgIpc) is 3.07. The van der Waals surface area contributed by atoms with Gasteiger partial charge >= 0.3 is 5.97 Å². The van der Waals surface area contributed by atoms with E-state index in [0.717, 1.165) is 43.4 Å². The van der Waals surface area contributed by atoms with Crippen molar-refractivity contribution in [1.29, 1.82) is 0 Å². The zero-order chi connectivity index (χ0) is 20.2. The summed E-state index contributed by atoms with van der Waals surface area (Å²) in [5, 5.41) is 0. The molecule has 0 bridgehead atoms. The molecule has 4 rings (SSSR count). The van der Waals surface area contributed by atoms with Crippen LogP contribution >= 0.6 is 0 Å². The summed E-state index contributed by atoms with van der Waals surface area (Å²) in [7, 11) is 1.46. The van der Waals surface area contributed by atoms with Gasteiger partial charge in [-0.1, -0.05) is 42.5 Å². The molecule has 1 atom stereocenters. The van der Waals surface area contributed by atoms with Gasteiger partial charge in [-0.25, -0.2) is 0 Å². The third kappa shape index (κ3) is 3.99. The molecule has 1 aromatic carbocycles. The number of ether oxygens (including phenoxy) is 1. The van der Waals surface area contributed by atoms with E-state index < -0.39 is 0 Å². The van der Waals surface area contributed by atoms with E-state index >= 15 is 0 Å². The van der Waals surface area contributed by atoms with Gasteiger partial charge in [-0.05, 0) is 41.7 Å². The Hall–Kier alpha value is -2.85. The maximum atomic E-state index is 12.0. The molecule has 0 saturated carbocycles. The summed E-state index contributed by atoms with van der Waals surface area (Å²) in [6.45, 7) is 5.77. The molecule has 4 heteroatoms. The Morgan fingerprint density at radius 3 is 2.79 bits per heavy atom. The molecule has 0 aliphatic heterocycles. The van der Waals surface area contributed by atoms with Crippen molar-refractivity contribution in [3.05, 3.63) is 89.8 Å². The van der Waals surface area contributed by atoms with Crippen LogP contribution in [-0.4, -0.2) is 35.0 Å². The van der Waals surface area contributed by atoms with E-state index in [0.29, 0.717) is 12.5 Å². The number of pyridine rings is 1. The first kappa shape index (κ1) is 19.5. The summed E-state index contributed by atoms with van der Waals surface area (Å²) < 4.78 is 7.23. The highest BCUT2D eigenvalue weighted by Gasteiger charge is 2.29. The van der Waals surface area contributed by atoms with Gasteiger partial charge in [0.2, 0.25) is 0 Å². The number of carbonyl (C=O) groups is 1. The van der Waals surface area contributed by atoms with Crippen LogP contribution < -0.4 is 0 Å². The first-order valence-corrected chi connectivity index (χ1v) is 10.3. The van der Waals surface area contributed by atoms with E-state index in [9.17, 15) is 4.79 Å². The van der Waals surface area contributed by atoms with Crippen molar-refractivity contribution in [2.75, 3.05) is 13.7 Å². The second-order valence-electron chi connectivity index (χ2n) is 7.71. The van der Waals surface area contributed by atoms with Crippen LogP contribution in [0.5, 0.6) is 0 Å². The molecule has 0 radical (unpaired) electrons. The number of fused-ring (bicyclic) bond motifs is 3. The Labute approximate surface area is 172 Å².